The van der Waals surface area contributed by atoms with Gasteiger partial charge in [-0.15, -0.1) is 0 Å². The average molecular weight is 288 g/mol. The molecule has 1 saturated carbocycles. The maximum absolute atomic E-state index is 11.4. The van der Waals surface area contributed by atoms with Gasteiger partial charge in [-0.05, 0) is 31.9 Å². The van der Waals surface area contributed by atoms with Crippen LogP contribution >= 0.6 is 0 Å². The summed E-state index contributed by atoms with van der Waals surface area (Å²) in [4.78, 5) is 16.3. The quantitative estimate of drug-likeness (QED) is 0.869. The van der Waals surface area contributed by atoms with E-state index in [4.69, 9.17) is 0 Å². The summed E-state index contributed by atoms with van der Waals surface area (Å²) < 4.78 is 0. The molecular formula is C17H24N2O2. The predicted molar refractivity (Wildman–Crippen MR) is 84.2 cm³/mol. The fraction of sp³-hybridized carbons (Fsp3) is 0.588. The number of ketones is 1. The molecule has 1 aromatic carbocycles. The van der Waals surface area contributed by atoms with E-state index in [0.717, 1.165) is 37.9 Å². The molecule has 1 aromatic rings. The van der Waals surface area contributed by atoms with Crippen LogP contribution in [-0.4, -0.2) is 48.0 Å². The molecule has 1 heterocycles. The first-order valence-corrected chi connectivity index (χ1v) is 7.98. The number of Topliss-reactive ketones (excluding diaryl/α,β-unsaturated/α-hetero) is 1. The molecule has 0 radical (unpaired) electrons. The van der Waals surface area contributed by atoms with Crippen LogP contribution in [0, 0.1) is 0 Å². The van der Waals surface area contributed by atoms with Gasteiger partial charge >= 0.3 is 0 Å². The van der Waals surface area contributed by atoms with Gasteiger partial charge in [-0.1, -0.05) is 12.8 Å². The second kappa shape index (κ2) is 6.06. The van der Waals surface area contributed by atoms with Gasteiger partial charge in [-0.2, -0.15) is 0 Å². The van der Waals surface area contributed by atoms with Gasteiger partial charge in [-0.25, -0.2) is 0 Å². The number of phenolic OH excluding ortho intramolecular Hbond substituents is 1. The van der Waals surface area contributed by atoms with E-state index in [2.05, 4.69) is 9.80 Å². The number of aromatic hydroxyl groups is 1. The lowest BCUT2D eigenvalue weighted by molar-refractivity contribution is 0.101. The van der Waals surface area contributed by atoms with E-state index in [1.807, 2.05) is 6.07 Å². The highest BCUT2D eigenvalue weighted by molar-refractivity contribution is 5.97. The summed E-state index contributed by atoms with van der Waals surface area (Å²) in [5.74, 6) is 0.00308. The summed E-state index contributed by atoms with van der Waals surface area (Å²) in [6, 6.07) is 6.20. The molecule has 0 unspecified atom stereocenters. The first-order chi connectivity index (χ1) is 10.1. The Kier molecular flexibility index (Phi) is 4.15. The van der Waals surface area contributed by atoms with Crippen LogP contribution in [0.3, 0.4) is 0 Å². The van der Waals surface area contributed by atoms with Crippen LogP contribution < -0.4 is 4.90 Å². The van der Waals surface area contributed by atoms with Gasteiger partial charge in [0.1, 0.15) is 5.75 Å². The first kappa shape index (κ1) is 14.4. The zero-order valence-electron chi connectivity index (χ0n) is 12.7. The van der Waals surface area contributed by atoms with Crippen molar-refractivity contribution >= 4 is 11.5 Å². The van der Waals surface area contributed by atoms with E-state index in [9.17, 15) is 9.90 Å². The van der Waals surface area contributed by atoms with Crippen molar-refractivity contribution in [2.45, 2.75) is 38.6 Å². The third kappa shape index (κ3) is 3.05. The van der Waals surface area contributed by atoms with E-state index in [1.165, 1.54) is 32.6 Å². The number of anilines is 1. The zero-order chi connectivity index (χ0) is 14.8. The zero-order valence-corrected chi connectivity index (χ0v) is 12.7. The minimum Gasteiger partial charge on any atom is -0.507 e. The predicted octanol–water partition coefficient (Wildman–Crippen LogP) is 2.66. The smallest absolute Gasteiger partial charge is 0.163 e. The molecule has 3 rings (SSSR count). The number of phenols is 1. The van der Waals surface area contributed by atoms with Crippen molar-refractivity contribution in [2.24, 2.45) is 0 Å². The number of carbonyl (C=O) groups excluding carboxylic acids is 1. The average Bonchev–Trinajstić information content (AvgIpc) is 3.01. The molecule has 1 aliphatic carbocycles. The van der Waals surface area contributed by atoms with E-state index in [0.29, 0.717) is 5.56 Å². The monoisotopic (exact) mass is 288 g/mol. The Morgan fingerprint density at radius 1 is 1.14 bits per heavy atom. The topological polar surface area (TPSA) is 43.8 Å². The van der Waals surface area contributed by atoms with Crippen molar-refractivity contribution in [3.63, 3.8) is 0 Å². The number of rotatable bonds is 3. The Balaban J connectivity index is 1.64. The molecule has 4 nitrogen and oxygen atoms in total. The van der Waals surface area contributed by atoms with E-state index >= 15 is 0 Å². The fourth-order valence-electron chi connectivity index (χ4n) is 3.63. The second-order valence-electron chi connectivity index (χ2n) is 6.22. The molecule has 114 valence electrons. The lowest BCUT2D eigenvalue weighted by atomic mass is 10.1. The van der Waals surface area contributed by atoms with Crippen molar-refractivity contribution in [1.29, 1.82) is 0 Å². The van der Waals surface area contributed by atoms with Crippen LogP contribution in [0.25, 0.3) is 0 Å². The van der Waals surface area contributed by atoms with Crippen molar-refractivity contribution in [2.75, 3.05) is 31.1 Å². The summed E-state index contributed by atoms with van der Waals surface area (Å²) in [6.07, 6.45) is 5.47. The summed E-state index contributed by atoms with van der Waals surface area (Å²) in [7, 11) is 0. The molecule has 1 saturated heterocycles. The summed E-state index contributed by atoms with van der Waals surface area (Å²) in [6.45, 7) is 5.67. The summed E-state index contributed by atoms with van der Waals surface area (Å²) in [5.41, 5.74) is 1.42. The second-order valence-corrected chi connectivity index (χ2v) is 6.22. The van der Waals surface area contributed by atoms with E-state index in [-0.39, 0.29) is 11.5 Å². The Labute approximate surface area is 126 Å². The number of carbonyl (C=O) groups is 1. The van der Waals surface area contributed by atoms with Gasteiger partial charge in [0.25, 0.3) is 0 Å². The van der Waals surface area contributed by atoms with Crippen LogP contribution in [0.4, 0.5) is 5.69 Å². The third-order valence-electron chi connectivity index (χ3n) is 4.88. The maximum Gasteiger partial charge on any atom is 0.163 e. The molecule has 0 spiro atoms. The largest absolute Gasteiger partial charge is 0.507 e. The van der Waals surface area contributed by atoms with Crippen LogP contribution in [0.2, 0.25) is 0 Å². The molecule has 0 amide bonds. The molecule has 1 aliphatic heterocycles. The molecule has 0 bridgehead atoms. The molecule has 1 N–H and O–H groups in total. The normalized spacial score (nSPS) is 20.9. The summed E-state index contributed by atoms with van der Waals surface area (Å²) in [5, 5.41) is 9.96. The molecule has 2 fully saturated rings. The fourth-order valence-corrected chi connectivity index (χ4v) is 3.63. The molecule has 4 heteroatoms. The highest BCUT2D eigenvalue weighted by atomic mass is 16.3. The van der Waals surface area contributed by atoms with Gasteiger partial charge in [0.2, 0.25) is 0 Å². The third-order valence-corrected chi connectivity index (χ3v) is 4.88. The summed E-state index contributed by atoms with van der Waals surface area (Å²) >= 11 is 0. The lowest BCUT2D eigenvalue weighted by Crippen LogP contribution is -2.49. The SMILES string of the molecule is CC(=O)c1ccc(N2CCN(C3CCCC3)CC2)cc1O. The number of benzene rings is 1. The first-order valence-electron chi connectivity index (χ1n) is 7.98. The van der Waals surface area contributed by atoms with Crippen molar-refractivity contribution in [3.8, 4) is 5.75 Å². The minimum atomic E-state index is -0.0925. The van der Waals surface area contributed by atoms with E-state index < -0.39 is 0 Å². The van der Waals surface area contributed by atoms with Crippen LogP contribution in [0.15, 0.2) is 18.2 Å². The number of hydrogen-bond acceptors (Lipinski definition) is 4. The van der Waals surface area contributed by atoms with Gasteiger partial charge < -0.3 is 10.0 Å². The number of hydrogen-bond donors (Lipinski definition) is 1. The van der Waals surface area contributed by atoms with Gasteiger partial charge in [0.15, 0.2) is 5.78 Å². The molecule has 0 aromatic heterocycles. The van der Waals surface area contributed by atoms with E-state index in [1.54, 1.807) is 12.1 Å². The Morgan fingerprint density at radius 2 is 1.81 bits per heavy atom. The number of nitrogens with zero attached hydrogens (tertiary/aromatic N) is 2. The Bertz CT molecular complexity index is 516. The highest BCUT2D eigenvalue weighted by Gasteiger charge is 2.26. The van der Waals surface area contributed by atoms with Crippen LogP contribution in [0.5, 0.6) is 5.75 Å². The molecule has 0 atom stereocenters. The number of piperazine rings is 1. The van der Waals surface area contributed by atoms with Gasteiger partial charge in [0, 0.05) is 44.0 Å². The highest BCUT2D eigenvalue weighted by Crippen LogP contribution is 2.28. The van der Waals surface area contributed by atoms with Gasteiger partial charge in [0.05, 0.1) is 5.56 Å². The molecule has 2 aliphatic rings. The van der Waals surface area contributed by atoms with Crippen molar-refractivity contribution < 1.29 is 9.90 Å². The molecule has 21 heavy (non-hydrogen) atoms. The van der Waals surface area contributed by atoms with Crippen LogP contribution in [-0.2, 0) is 0 Å². The Morgan fingerprint density at radius 3 is 2.38 bits per heavy atom. The molecular weight excluding hydrogens is 264 g/mol. The van der Waals surface area contributed by atoms with Crippen LogP contribution in [0.1, 0.15) is 43.0 Å². The Hall–Kier alpha value is -1.55. The lowest BCUT2D eigenvalue weighted by Gasteiger charge is -2.39. The van der Waals surface area contributed by atoms with Gasteiger partial charge in [-0.3, -0.25) is 9.69 Å². The maximum atomic E-state index is 11.4. The van der Waals surface area contributed by atoms with Crippen molar-refractivity contribution in [3.05, 3.63) is 23.8 Å². The van der Waals surface area contributed by atoms with Crippen molar-refractivity contribution in [1.82, 2.24) is 4.90 Å². The standard InChI is InChI=1S/C17H24N2O2/c1-13(20)16-7-6-15(12-17(16)21)19-10-8-18(9-11-19)14-4-2-3-5-14/h6-7,12,14,21H,2-5,8-11H2,1H3. The minimum absolute atomic E-state index is 0.0925.